The Bertz CT molecular complexity index is 1140. The van der Waals surface area contributed by atoms with Gasteiger partial charge in [-0.1, -0.05) is 135 Å². The molecular weight excluding hydrogens is 430 g/mol. The van der Waals surface area contributed by atoms with Crippen LogP contribution in [0.5, 0.6) is 0 Å². The Morgan fingerprint density at radius 3 is 1.51 bits per heavy atom. The Morgan fingerprint density at radius 1 is 0.714 bits per heavy atom. The molecule has 0 spiro atoms. The van der Waals surface area contributed by atoms with Crippen molar-refractivity contribution in [2.75, 3.05) is 0 Å². The van der Waals surface area contributed by atoms with Gasteiger partial charge in [-0.3, -0.25) is 9.69 Å². The molecule has 5 rings (SSSR count). The molecule has 0 aromatic heterocycles. The molecule has 1 aliphatic rings. The van der Waals surface area contributed by atoms with Gasteiger partial charge in [0.05, 0.1) is 5.54 Å². The molecule has 0 aliphatic carbocycles. The maximum atomic E-state index is 13.6. The SMILES string of the molecule is CC(C)[C@H]1[C@@H](C(=O)OCc2ccccc2)N1C(c1ccccc1)(c1ccccc1)c1ccccc1. The summed E-state index contributed by atoms with van der Waals surface area (Å²) in [6.07, 6.45) is 0. The highest BCUT2D eigenvalue weighted by atomic mass is 16.5. The molecule has 3 heteroatoms. The smallest absolute Gasteiger partial charge is 0.325 e. The molecule has 3 atom stereocenters. The predicted octanol–water partition coefficient (Wildman–Crippen LogP) is 6.43. The molecule has 1 aliphatic heterocycles. The van der Waals surface area contributed by atoms with Crippen LogP contribution in [0, 0.1) is 5.92 Å². The molecule has 35 heavy (non-hydrogen) atoms. The fourth-order valence-electron chi connectivity index (χ4n) is 5.42. The van der Waals surface area contributed by atoms with E-state index in [1.807, 2.05) is 48.5 Å². The van der Waals surface area contributed by atoms with Crippen molar-refractivity contribution >= 4 is 5.97 Å². The van der Waals surface area contributed by atoms with Gasteiger partial charge >= 0.3 is 5.97 Å². The van der Waals surface area contributed by atoms with Crippen LogP contribution < -0.4 is 0 Å². The number of ether oxygens (including phenoxy) is 1. The predicted molar refractivity (Wildman–Crippen MR) is 140 cm³/mol. The van der Waals surface area contributed by atoms with Gasteiger partial charge in [0.15, 0.2) is 0 Å². The first-order valence-electron chi connectivity index (χ1n) is 12.3. The van der Waals surface area contributed by atoms with Crippen molar-refractivity contribution in [3.8, 4) is 0 Å². The van der Waals surface area contributed by atoms with Crippen LogP contribution in [0.25, 0.3) is 0 Å². The van der Waals surface area contributed by atoms with Gasteiger partial charge in [-0.2, -0.15) is 0 Å². The molecular formula is C32H31NO2. The van der Waals surface area contributed by atoms with Crippen LogP contribution in [-0.2, 0) is 21.7 Å². The summed E-state index contributed by atoms with van der Waals surface area (Å²) < 4.78 is 5.88. The monoisotopic (exact) mass is 461 g/mol. The molecule has 4 aromatic carbocycles. The summed E-state index contributed by atoms with van der Waals surface area (Å²) in [6, 6.07) is 41.2. The number of nitrogens with zero attached hydrogens (tertiary/aromatic N) is 1. The minimum absolute atomic E-state index is 0.0545. The van der Waals surface area contributed by atoms with Crippen molar-refractivity contribution in [1.82, 2.24) is 4.90 Å². The van der Waals surface area contributed by atoms with Gasteiger partial charge in [-0.25, -0.2) is 0 Å². The first kappa shape index (κ1) is 23.1. The highest BCUT2D eigenvalue weighted by molar-refractivity contribution is 5.81. The lowest BCUT2D eigenvalue weighted by atomic mass is 9.76. The maximum Gasteiger partial charge on any atom is 0.325 e. The second kappa shape index (κ2) is 9.89. The number of carbonyl (C=O) groups excluding carboxylic acids is 1. The van der Waals surface area contributed by atoms with E-state index in [1.165, 1.54) is 0 Å². The van der Waals surface area contributed by atoms with Crippen LogP contribution >= 0.6 is 0 Å². The third-order valence-electron chi connectivity index (χ3n) is 6.97. The summed E-state index contributed by atoms with van der Waals surface area (Å²) in [4.78, 5) is 15.9. The molecule has 3 nitrogen and oxygen atoms in total. The largest absolute Gasteiger partial charge is 0.460 e. The molecule has 0 bridgehead atoms. The molecule has 4 aromatic rings. The molecule has 176 valence electrons. The van der Waals surface area contributed by atoms with Crippen molar-refractivity contribution in [3.05, 3.63) is 144 Å². The molecule has 1 heterocycles. The zero-order valence-corrected chi connectivity index (χ0v) is 20.2. The Kier molecular flexibility index (Phi) is 6.52. The average Bonchev–Trinajstić information content (AvgIpc) is 3.67. The van der Waals surface area contributed by atoms with Gasteiger partial charge < -0.3 is 4.74 Å². The topological polar surface area (TPSA) is 29.3 Å². The zero-order valence-electron chi connectivity index (χ0n) is 20.2. The first-order valence-corrected chi connectivity index (χ1v) is 12.3. The molecule has 1 unspecified atom stereocenters. The molecule has 0 amide bonds. The summed E-state index contributed by atoms with van der Waals surface area (Å²) in [6.45, 7) is 4.66. The second-order valence-corrected chi connectivity index (χ2v) is 9.49. The van der Waals surface area contributed by atoms with Gasteiger partial charge in [-0.05, 0) is 28.2 Å². The van der Waals surface area contributed by atoms with Gasteiger partial charge in [0, 0.05) is 6.04 Å². The minimum atomic E-state index is -0.616. The van der Waals surface area contributed by atoms with Crippen LogP contribution in [0.4, 0.5) is 0 Å². The third kappa shape index (κ3) is 4.28. The number of esters is 1. The normalized spacial score (nSPS) is 19.3. The fourth-order valence-corrected chi connectivity index (χ4v) is 5.42. The van der Waals surface area contributed by atoms with E-state index in [2.05, 4.69) is 91.5 Å². The highest BCUT2D eigenvalue weighted by Gasteiger charge is 2.64. The van der Waals surface area contributed by atoms with Crippen molar-refractivity contribution < 1.29 is 9.53 Å². The molecule has 0 N–H and O–H groups in total. The fraction of sp³-hybridized carbons (Fsp3) is 0.219. The van der Waals surface area contributed by atoms with Crippen LogP contribution in [0.1, 0.15) is 36.1 Å². The lowest BCUT2D eigenvalue weighted by Crippen LogP contribution is -2.41. The Morgan fingerprint density at radius 2 is 1.11 bits per heavy atom. The molecule has 1 saturated heterocycles. The van der Waals surface area contributed by atoms with Gasteiger partial charge in [0.1, 0.15) is 12.6 Å². The van der Waals surface area contributed by atoms with Crippen LogP contribution in [0.15, 0.2) is 121 Å². The summed E-state index contributed by atoms with van der Waals surface area (Å²) in [7, 11) is 0. The van der Waals surface area contributed by atoms with Gasteiger partial charge in [0.25, 0.3) is 0 Å². The van der Waals surface area contributed by atoms with Crippen LogP contribution in [0.3, 0.4) is 0 Å². The third-order valence-corrected chi connectivity index (χ3v) is 6.97. The van der Waals surface area contributed by atoms with E-state index in [0.29, 0.717) is 0 Å². The minimum Gasteiger partial charge on any atom is -0.460 e. The lowest BCUT2D eigenvalue weighted by Gasteiger charge is -2.39. The van der Waals surface area contributed by atoms with Gasteiger partial charge in [-0.15, -0.1) is 0 Å². The van der Waals surface area contributed by atoms with E-state index in [9.17, 15) is 4.79 Å². The van der Waals surface area contributed by atoms with Crippen molar-refractivity contribution in [3.63, 3.8) is 0 Å². The maximum absolute atomic E-state index is 13.6. The average molecular weight is 462 g/mol. The number of carbonyl (C=O) groups is 1. The van der Waals surface area contributed by atoms with Crippen molar-refractivity contribution in [1.29, 1.82) is 0 Å². The van der Waals surface area contributed by atoms with E-state index >= 15 is 0 Å². The second-order valence-electron chi connectivity index (χ2n) is 9.49. The Balaban J connectivity index is 1.62. The quantitative estimate of drug-likeness (QED) is 0.172. The van der Waals surface area contributed by atoms with Gasteiger partial charge in [0.2, 0.25) is 0 Å². The van der Waals surface area contributed by atoms with E-state index in [1.54, 1.807) is 0 Å². The Hall–Kier alpha value is -3.69. The van der Waals surface area contributed by atoms with E-state index in [0.717, 1.165) is 22.3 Å². The molecule has 1 fully saturated rings. The summed E-state index contributed by atoms with van der Waals surface area (Å²) in [5.41, 5.74) is 3.80. The van der Waals surface area contributed by atoms with E-state index in [4.69, 9.17) is 4.74 Å². The van der Waals surface area contributed by atoms with Crippen molar-refractivity contribution in [2.24, 2.45) is 5.92 Å². The standard InChI is InChI=1S/C32H31NO2/c1-24(2)29-30(31(34)35-23-25-15-7-3-8-16-25)33(29)32(26-17-9-4-10-18-26,27-19-11-5-12-20-27)28-21-13-6-14-22-28/h3-22,24,29-30H,23H2,1-2H3/t29-,30-,33?/m0/s1. The molecule has 0 saturated carbocycles. The lowest BCUT2D eigenvalue weighted by molar-refractivity contribution is -0.145. The number of benzene rings is 4. The van der Waals surface area contributed by atoms with Crippen molar-refractivity contribution in [2.45, 2.75) is 38.1 Å². The highest BCUT2D eigenvalue weighted by Crippen LogP contribution is 2.53. The van der Waals surface area contributed by atoms with E-state index < -0.39 is 5.54 Å². The number of rotatable bonds is 8. The summed E-state index contributed by atoms with van der Waals surface area (Å²) >= 11 is 0. The Labute approximate surface area is 208 Å². The first-order chi connectivity index (χ1) is 17.1. The van der Waals surface area contributed by atoms with Crippen LogP contribution in [0.2, 0.25) is 0 Å². The zero-order chi connectivity index (χ0) is 24.3. The molecule has 0 radical (unpaired) electrons. The summed E-state index contributed by atoms with van der Waals surface area (Å²) in [5.74, 6) is 0.111. The van der Waals surface area contributed by atoms with Crippen LogP contribution in [-0.4, -0.2) is 23.0 Å². The number of hydrogen-bond donors (Lipinski definition) is 0. The number of hydrogen-bond acceptors (Lipinski definition) is 3. The van der Waals surface area contributed by atoms with E-state index in [-0.39, 0.29) is 30.6 Å². The summed E-state index contributed by atoms with van der Waals surface area (Å²) in [5, 5.41) is 0.